The summed E-state index contributed by atoms with van der Waals surface area (Å²) in [5.41, 5.74) is 6.54. The third-order valence-electron chi connectivity index (χ3n) is 3.51. The minimum Gasteiger partial charge on any atom is -0.328 e. The van der Waals surface area contributed by atoms with Crippen LogP contribution in [-0.4, -0.2) is 11.9 Å². The predicted molar refractivity (Wildman–Crippen MR) is 74.6 cm³/mol. The van der Waals surface area contributed by atoms with Crippen molar-refractivity contribution in [3.8, 4) is 0 Å². The second-order valence-electron chi connectivity index (χ2n) is 5.01. The highest BCUT2D eigenvalue weighted by Gasteiger charge is 2.21. The number of para-hydroxylation sites is 1. The molecule has 98 valence electrons. The Balaban J connectivity index is 1.84. The number of carbonyl (C=O) groups excluding carboxylic acids is 1. The number of amides is 1. The molecule has 1 saturated carbocycles. The van der Waals surface area contributed by atoms with Crippen molar-refractivity contribution < 1.29 is 4.79 Å². The molecule has 1 fully saturated rings. The highest BCUT2D eigenvalue weighted by Crippen LogP contribution is 2.27. The van der Waals surface area contributed by atoms with Crippen LogP contribution < -0.4 is 11.1 Å². The minimum absolute atomic E-state index is 0.0450. The molecule has 0 saturated heterocycles. The lowest BCUT2D eigenvalue weighted by atomic mass is 9.84. The van der Waals surface area contributed by atoms with Gasteiger partial charge < -0.3 is 11.1 Å². The van der Waals surface area contributed by atoms with Gasteiger partial charge in [-0.05, 0) is 43.7 Å². The van der Waals surface area contributed by atoms with E-state index in [4.69, 9.17) is 17.3 Å². The van der Waals surface area contributed by atoms with Crippen molar-refractivity contribution in [2.45, 2.75) is 38.1 Å². The highest BCUT2D eigenvalue weighted by atomic mass is 35.5. The number of hydrogen-bond donors (Lipinski definition) is 2. The highest BCUT2D eigenvalue weighted by molar-refractivity contribution is 6.33. The zero-order chi connectivity index (χ0) is 13.0. The number of benzene rings is 1. The summed E-state index contributed by atoms with van der Waals surface area (Å²) < 4.78 is 0. The van der Waals surface area contributed by atoms with Gasteiger partial charge in [-0.1, -0.05) is 23.7 Å². The number of anilines is 1. The molecule has 4 heteroatoms. The molecule has 18 heavy (non-hydrogen) atoms. The van der Waals surface area contributed by atoms with E-state index in [1.165, 1.54) is 0 Å². The Hall–Kier alpha value is -1.06. The normalized spacial score (nSPS) is 23.7. The number of rotatable bonds is 3. The third-order valence-corrected chi connectivity index (χ3v) is 3.84. The summed E-state index contributed by atoms with van der Waals surface area (Å²) in [6.07, 6.45) is 4.74. The molecule has 0 atom stereocenters. The molecule has 1 aromatic rings. The van der Waals surface area contributed by atoms with E-state index in [1.54, 1.807) is 6.07 Å². The lowest BCUT2D eigenvalue weighted by molar-refractivity contribution is -0.117. The van der Waals surface area contributed by atoms with E-state index < -0.39 is 0 Å². The van der Waals surface area contributed by atoms with Crippen LogP contribution in [-0.2, 0) is 4.79 Å². The fraction of sp³-hybridized carbons (Fsp3) is 0.500. The second-order valence-corrected chi connectivity index (χ2v) is 5.42. The molecule has 1 aromatic carbocycles. The van der Waals surface area contributed by atoms with Crippen LogP contribution in [0.4, 0.5) is 5.69 Å². The van der Waals surface area contributed by atoms with Gasteiger partial charge in [-0.15, -0.1) is 0 Å². The summed E-state index contributed by atoms with van der Waals surface area (Å²) in [6.45, 7) is 0. The number of halogens is 1. The molecule has 0 heterocycles. The van der Waals surface area contributed by atoms with Crippen LogP contribution >= 0.6 is 11.6 Å². The first-order valence-electron chi connectivity index (χ1n) is 6.45. The Labute approximate surface area is 113 Å². The van der Waals surface area contributed by atoms with Crippen molar-refractivity contribution >= 4 is 23.2 Å². The van der Waals surface area contributed by atoms with E-state index in [-0.39, 0.29) is 5.91 Å². The zero-order valence-electron chi connectivity index (χ0n) is 10.4. The Morgan fingerprint density at radius 2 is 1.94 bits per heavy atom. The first kappa shape index (κ1) is 13.4. The molecule has 0 aromatic heterocycles. The average molecular weight is 267 g/mol. The number of hydrogen-bond acceptors (Lipinski definition) is 2. The van der Waals surface area contributed by atoms with Gasteiger partial charge in [-0.3, -0.25) is 4.79 Å². The Morgan fingerprint density at radius 1 is 1.28 bits per heavy atom. The lowest BCUT2D eigenvalue weighted by Gasteiger charge is -2.25. The summed E-state index contributed by atoms with van der Waals surface area (Å²) >= 11 is 6.00. The molecule has 1 aliphatic rings. The van der Waals surface area contributed by atoms with Crippen molar-refractivity contribution in [3.05, 3.63) is 29.3 Å². The van der Waals surface area contributed by atoms with Crippen molar-refractivity contribution in [1.82, 2.24) is 0 Å². The number of nitrogens with one attached hydrogen (secondary N) is 1. The monoisotopic (exact) mass is 266 g/mol. The van der Waals surface area contributed by atoms with Gasteiger partial charge in [0.05, 0.1) is 10.7 Å². The van der Waals surface area contributed by atoms with Crippen molar-refractivity contribution in [2.75, 3.05) is 5.32 Å². The maximum Gasteiger partial charge on any atom is 0.224 e. The van der Waals surface area contributed by atoms with Gasteiger partial charge in [0.15, 0.2) is 0 Å². The van der Waals surface area contributed by atoms with Gasteiger partial charge in [0.2, 0.25) is 5.91 Å². The van der Waals surface area contributed by atoms with Crippen LogP contribution in [0.15, 0.2) is 24.3 Å². The predicted octanol–water partition coefficient (Wildman–Crippen LogP) is 3.19. The number of carbonyl (C=O) groups is 1. The zero-order valence-corrected chi connectivity index (χ0v) is 11.1. The third kappa shape index (κ3) is 3.72. The van der Waals surface area contributed by atoms with E-state index in [9.17, 15) is 4.79 Å². The Bertz CT molecular complexity index is 414. The quantitative estimate of drug-likeness (QED) is 0.883. The van der Waals surface area contributed by atoms with Crippen molar-refractivity contribution in [1.29, 1.82) is 0 Å². The molecule has 0 bridgehead atoms. The molecular weight excluding hydrogens is 248 g/mol. The maximum absolute atomic E-state index is 11.9. The van der Waals surface area contributed by atoms with Crippen LogP contribution in [0.5, 0.6) is 0 Å². The Kier molecular flexibility index (Phi) is 4.61. The standard InChI is InChI=1S/C14H19ClN2O/c15-12-3-1-2-4-13(12)17-14(18)9-10-5-7-11(16)8-6-10/h1-4,10-11H,5-9,16H2,(H,17,18). The lowest BCUT2D eigenvalue weighted by Crippen LogP contribution is -2.28. The van der Waals surface area contributed by atoms with Gasteiger partial charge in [0, 0.05) is 12.5 Å². The van der Waals surface area contributed by atoms with Gasteiger partial charge in [0.1, 0.15) is 0 Å². The van der Waals surface area contributed by atoms with E-state index in [0.29, 0.717) is 29.1 Å². The van der Waals surface area contributed by atoms with Crippen LogP contribution in [0, 0.1) is 5.92 Å². The molecule has 0 radical (unpaired) electrons. The molecule has 0 spiro atoms. The summed E-state index contributed by atoms with van der Waals surface area (Å²) in [4.78, 5) is 11.9. The molecule has 0 aliphatic heterocycles. The van der Waals surface area contributed by atoms with Crippen LogP contribution in [0.1, 0.15) is 32.1 Å². The van der Waals surface area contributed by atoms with E-state index >= 15 is 0 Å². The first-order valence-corrected chi connectivity index (χ1v) is 6.83. The van der Waals surface area contributed by atoms with E-state index in [1.807, 2.05) is 18.2 Å². The summed E-state index contributed by atoms with van der Waals surface area (Å²) in [7, 11) is 0. The van der Waals surface area contributed by atoms with Crippen molar-refractivity contribution in [3.63, 3.8) is 0 Å². The topological polar surface area (TPSA) is 55.1 Å². The van der Waals surface area contributed by atoms with E-state index in [2.05, 4.69) is 5.32 Å². The van der Waals surface area contributed by atoms with Gasteiger partial charge in [0.25, 0.3) is 0 Å². The fourth-order valence-electron chi connectivity index (χ4n) is 2.42. The Morgan fingerprint density at radius 3 is 2.61 bits per heavy atom. The molecule has 2 rings (SSSR count). The van der Waals surface area contributed by atoms with Gasteiger partial charge in [-0.25, -0.2) is 0 Å². The molecule has 1 aliphatic carbocycles. The molecule has 1 amide bonds. The maximum atomic E-state index is 11.9. The largest absolute Gasteiger partial charge is 0.328 e. The summed E-state index contributed by atoms with van der Waals surface area (Å²) in [5.74, 6) is 0.510. The van der Waals surface area contributed by atoms with Crippen LogP contribution in [0.2, 0.25) is 5.02 Å². The molecular formula is C14H19ClN2O. The molecule has 0 unspecified atom stereocenters. The summed E-state index contributed by atoms with van der Waals surface area (Å²) in [6, 6.07) is 7.63. The second kappa shape index (κ2) is 6.21. The first-order chi connectivity index (χ1) is 8.65. The molecule has 3 nitrogen and oxygen atoms in total. The van der Waals surface area contributed by atoms with Crippen molar-refractivity contribution in [2.24, 2.45) is 11.7 Å². The SMILES string of the molecule is NC1CCC(CC(=O)Nc2ccccc2Cl)CC1. The van der Waals surface area contributed by atoms with Gasteiger partial charge in [-0.2, -0.15) is 0 Å². The van der Waals surface area contributed by atoms with Crippen LogP contribution in [0.25, 0.3) is 0 Å². The molecule has 3 N–H and O–H groups in total. The smallest absolute Gasteiger partial charge is 0.224 e. The van der Waals surface area contributed by atoms with E-state index in [0.717, 1.165) is 25.7 Å². The van der Waals surface area contributed by atoms with Crippen LogP contribution in [0.3, 0.4) is 0 Å². The fourth-order valence-corrected chi connectivity index (χ4v) is 2.60. The summed E-state index contributed by atoms with van der Waals surface area (Å²) in [5, 5.41) is 3.45. The minimum atomic E-state index is 0.0450. The van der Waals surface area contributed by atoms with Gasteiger partial charge >= 0.3 is 0 Å². The average Bonchev–Trinajstić information content (AvgIpc) is 2.35. The number of nitrogens with two attached hydrogens (primary N) is 1.